The molecule has 0 saturated heterocycles. The van der Waals surface area contributed by atoms with Crippen LogP contribution in [-0.4, -0.2) is 37.9 Å². The van der Waals surface area contributed by atoms with Crippen LogP contribution in [0, 0.1) is 0 Å². The minimum Gasteiger partial charge on any atom is -0.491 e. The van der Waals surface area contributed by atoms with E-state index in [0.29, 0.717) is 13.1 Å². The Morgan fingerprint density at radius 3 is 2.35 bits per heavy atom. The van der Waals surface area contributed by atoms with E-state index >= 15 is 0 Å². The predicted molar refractivity (Wildman–Crippen MR) is 96.1 cm³/mol. The Kier molecular flexibility index (Phi) is 7.89. The van der Waals surface area contributed by atoms with Crippen molar-refractivity contribution >= 4 is 5.96 Å². The van der Waals surface area contributed by atoms with Crippen LogP contribution in [0.25, 0.3) is 0 Å². The van der Waals surface area contributed by atoms with E-state index in [0.717, 1.165) is 23.8 Å². The first kappa shape index (κ1) is 19.3. The lowest BCUT2D eigenvalue weighted by Gasteiger charge is -2.24. The summed E-state index contributed by atoms with van der Waals surface area (Å²) in [4.78, 5) is 4.61. The average molecular weight is 321 g/mol. The van der Waals surface area contributed by atoms with E-state index in [-0.39, 0.29) is 11.7 Å². The van der Waals surface area contributed by atoms with Crippen molar-refractivity contribution in [2.75, 3.05) is 20.2 Å². The Bertz CT molecular complexity index is 482. The minimum atomic E-state index is -0.230. The van der Waals surface area contributed by atoms with Gasteiger partial charge in [0.1, 0.15) is 5.75 Å². The third kappa shape index (κ3) is 7.88. The summed E-state index contributed by atoms with van der Waals surface area (Å²) in [6.07, 6.45) is 0.188. The maximum atomic E-state index is 5.65. The number of guanidine groups is 1. The minimum absolute atomic E-state index is 0.188. The molecule has 5 heteroatoms. The molecule has 0 fully saturated rings. The van der Waals surface area contributed by atoms with Gasteiger partial charge in [-0.15, -0.1) is 0 Å². The molecule has 0 atom stereocenters. The van der Waals surface area contributed by atoms with Gasteiger partial charge in [0.15, 0.2) is 5.96 Å². The highest BCUT2D eigenvalue weighted by Crippen LogP contribution is 2.14. The number of hydrogen-bond donors (Lipinski definition) is 2. The van der Waals surface area contributed by atoms with Gasteiger partial charge in [-0.1, -0.05) is 12.1 Å². The Morgan fingerprint density at radius 1 is 1.17 bits per heavy atom. The lowest BCUT2D eigenvalue weighted by Crippen LogP contribution is -2.45. The molecule has 0 bridgehead atoms. The van der Waals surface area contributed by atoms with Crippen molar-refractivity contribution in [3.63, 3.8) is 0 Å². The van der Waals surface area contributed by atoms with Crippen LogP contribution in [0.3, 0.4) is 0 Å². The highest BCUT2D eigenvalue weighted by Gasteiger charge is 2.16. The highest BCUT2D eigenvalue weighted by atomic mass is 16.5. The molecule has 1 aromatic rings. The average Bonchev–Trinajstić information content (AvgIpc) is 2.51. The fraction of sp³-hybridized carbons (Fsp3) is 0.611. The molecule has 0 aliphatic heterocycles. The molecular weight excluding hydrogens is 290 g/mol. The van der Waals surface area contributed by atoms with Gasteiger partial charge in [-0.2, -0.15) is 0 Å². The summed E-state index contributed by atoms with van der Waals surface area (Å²) >= 11 is 0. The van der Waals surface area contributed by atoms with Gasteiger partial charge in [-0.3, -0.25) is 0 Å². The van der Waals surface area contributed by atoms with E-state index in [1.807, 2.05) is 52.0 Å². The van der Waals surface area contributed by atoms with Crippen molar-refractivity contribution in [2.24, 2.45) is 4.99 Å². The van der Waals surface area contributed by atoms with Crippen LogP contribution in [0.2, 0.25) is 0 Å². The SMILES string of the molecule is CCNC(=NCc1ccc(OC(C)C)cc1)NCC(C)(C)OC. The first-order valence-corrected chi connectivity index (χ1v) is 8.19. The zero-order chi connectivity index (χ0) is 17.3. The third-order valence-electron chi connectivity index (χ3n) is 3.29. The smallest absolute Gasteiger partial charge is 0.191 e. The van der Waals surface area contributed by atoms with Gasteiger partial charge in [-0.05, 0) is 52.3 Å². The summed E-state index contributed by atoms with van der Waals surface area (Å²) < 4.78 is 11.1. The number of hydrogen-bond acceptors (Lipinski definition) is 3. The summed E-state index contributed by atoms with van der Waals surface area (Å²) in [6.45, 7) is 12.3. The quantitative estimate of drug-likeness (QED) is 0.571. The maximum absolute atomic E-state index is 5.65. The van der Waals surface area contributed by atoms with Crippen molar-refractivity contribution in [1.29, 1.82) is 0 Å². The molecule has 0 saturated carbocycles. The molecule has 23 heavy (non-hydrogen) atoms. The second-order valence-electron chi connectivity index (χ2n) is 6.32. The number of aliphatic imine (C=N–C) groups is 1. The normalized spacial score (nSPS) is 12.4. The van der Waals surface area contributed by atoms with Gasteiger partial charge in [-0.25, -0.2) is 4.99 Å². The number of ether oxygens (including phenoxy) is 2. The van der Waals surface area contributed by atoms with Crippen molar-refractivity contribution < 1.29 is 9.47 Å². The largest absolute Gasteiger partial charge is 0.491 e. The summed E-state index contributed by atoms with van der Waals surface area (Å²) in [5, 5.41) is 6.55. The Hall–Kier alpha value is -1.75. The highest BCUT2D eigenvalue weighted by molar-refractivity contribution is 5.79. The maximum Gasteiger partial charge on any atom is 0.191 e. The Labute approximate surface area is 140 Å². The lowest BCUT2D eigenvalue weighted by atomic mass is 10.1. The van der Waals surface area contributed by atoms with Crippen LogP contribution in [0.5, 0.6) is 5.75 Å². The van der Waals surface area contributed by atoms with Crippen LogP contribution in [0.1, 0.15) is 40.2 Å². The number of methoxy groups -OCH3 is 1. The molecule has 0 aliphatic carbocycles. The first-order valence-electron chi connectivity index (χ1n) is 8.19. The van der Waals surface area contributed by atoms with Crippen molar-refractivity contribution in [3.05, 3.63) is 29.8 Å². The van der Waals surface area contributed by atoms with E-state index in [9.17, 15) is 0 Å². The van der Waals surface area contributed by atoms with Crippen molar-refractivity contribution in [1.82, 2.24) is 10.6 Å². The molecule has 0 spiro atoms. The first-order chi connectivity index (χ1) is 10.9. The molecule has 5 nitrogen and oxygen atoms in total. The van der Waals surface area contributed by atoms with Gasteiger partial charge in [0.25, 0.3) is 0 Å². The van der Waals surface area contributed by atoms with Gasteiger partial charge >= 0.3 is 0 Å². The van der Waals surface area contributed by atoms with Crippen molar-refractivity contribution in [3.8, 4) is 5.75 Å². The number of nitrogens with one attached hydrogen (secondary N) is 2. The van der Waals surface area contributed by atoms with E-state index < -0.39 is 0 Å². The van der Waals surface area contributed by atoms with E-state index in [4.69, 9.17) is 9.47 Å². The van der Waals surface area contributed by atoms with Crippen LogP contribution in [0.15, 0.2) is 29.3 Å². The molecule has 0 heterocycles. The number of benzene rings is 1. The molecule has 0 amide bonds. The Morgan fingerprint density at radius 2 is 1.83 bits per heavy atom. The molecule has 130 valence electrons. The summed E-state index contributed by atoms with van der Waals surface area (Å²) in [5.74, 6) is 1.68. The van der Waals surface area contributed by atoms with E-state index in [1.165, 1.54) is 0 Å². The summed E-state index contributed by atoms with van der Waals surface area (Å²) in [6, 6.07) is 8.06. The molecule has 2 N–H and O–H groups in total. The van der Waals surface area contributed by atoms with Gasteiger partial charge in [0.2, 0.25) is 0 Å². The molecule has 0 aromatic heterocycles. The molecule has 1 aromatic carbocycles. The van der Waals surface area contributed by atoms with Crippen LogP contribution >= 0.6 is 0 Å². The monoisotopic (exact) mass is 321 g/mol. The standard InChI is InChI=1S/C18H31N3O2/c1-7-19-17(21-13-18(4,5)22-6)20-12-15-8-10-16(11-9-15)23-14(2)3/h8-11,14H,7,12-13H2,1-6H3,(H2,19,20,21). The predicted octanol–water partition coefficient (Wildman–Crippen LogP) is 2.95. The number of rotatable bonds is 8. The molecule has 1 rings (SSSR count). The lowest BCUT2D eigenvalue weighted by molar-refractivity contribution is 0.0268. The zero-order valence-corrected chi connectivity index (χ0v) is 15.3. The van der Waals surface area contributed by atoms with Gasteiger partial charge < -0.3 is 20.1 Å². The fourth-order valence-electron chi connectivity index (χ4n) is 1.83. The molecule has 0 aliphatic rings. The summed E-state index contributed by atoms with van der Waals surface area (Å²) in [5.41, 5.74) is 0.913. The summed E-state index contributed by atoms with van der Waals surface area (Å²) in [7, 11) is 1.71. The zero-order valence-electron chi connectivity index (χ0n) is 15.3. The topological polar surface area (TPSA) is 54.9 Å². The second-order valence-corrected chi connectivity index (χ2v) is 6.32. The molecular formula is C18H31N3O2. The number of nitrogens with zero attached hydrogens (tertiary/aromatic N) is 1. The van der Waals surface area contributed by atoms with E-state index in [2.05, 4.69) is 22.5 Å². The van der Waals surface area contributed by atoms with E-state index in [1.54, 1.807) is 7.11 Å². The molecule has 0 radical (unpaired) electrons. The second kappa shape index (κ2) is 9.40. The van der Waals surface area contributed by atoms with Crippen LogP contribution in [0.4, 0.5) is 0 Å². The van der Waals surface area contributed by atoms with Crippen LogP contribution in [-0.2, 0) is 11.3 Å². The third-order valence-corrected chi connectivity index (χ3v) is 3.29. The fourth-order valence-corrected chi connectivity index (χ4v) is 1.83. The van der Waals surface area contributed by atoms with Gasteiger partial charge in [0.05, 0.1) is 18.2 Å². The Balaban J connectivity index is 2.62. The van der Waals surface area contributed by atoms with Crippen LogP contribution < -0.4 is 15.4 Å². The molecule has 0 unspecified atom stereocenters. The van der Waals surface area contributed by atoms with Gasteiger partial charge in [0, 0.05) is 20.2 Å². The van der Waals surface area contributed by atoms with Crippen molar-refractivity contribution in [2.45, 2.75) is 52.9 Å².